The highest BCUT2D eigenvalue weighted by atomic mass is 16.5. The fraction of sp³-hybridized carbons (Fsp3) is 0.688. The smallest absolute Gasteiger partial charge is 0.243 e. The van der Waals surface area contributed by atoms with E-state index in [0.717, 1.165) is 25.7 Å². The Labute approximate surface area is 121 Å². The van der Waals surface area contributed by atoms with Crippen LogP contribution in [0.1, 0.15) is 56.9 Å². The molecule has 1 saturated carbocycles. The average molecular weight is 276 g/mol. The molecule has 1 aromatic rings. The summed E-state index contributed by atoms with van der Waals surface area (Å²) in [7, 11) is 1.53. The molecule has 1 fully saturated rings. The third-order valence-electron chi connectivity index (χ3n) is 4.41. The van der Waals surface area contributed by atoms with Crippen molar-refractivity contribution in [1.29, 1.82) is 0 Å². The van der Waals surface area contributed by atoms with Crippen LogP contribution >= 0.6 is 0 Å². The molecule has 4 nitrogen and oxygen atoms in total. The number of hydrogen-bond donors (Lipinski definition) is 0. The molecule has 0 amide bonds. The number of Topliss-reactive ketones (excluding diaryl/α,β-unsaturated/α-hetero) is 1. The number of ether oxygens (including phenoxy) is 1. The van der Waals surface area contributed by atoms with Gasteiger partial charge in [0, 0.05) is 18.3 Å². The zero-order valence-corrected chi connectivity index (χ0v) is 12.8. The number of carbonyl (C=O) groups excluding carboxylic acids is 1. The largest absolute Gasteiger partial charge is 0.479 e. The second-order valence-corrected chi connectivity index (χ2v) is 6.69. The normalized spacial score (nSPS) is 23.4. The van der Waals surface area contributed by atoms with Crippen molar-refractivity contribution in [2.45, 2.75) is 46.5 Å². The minimum atomic E-state index is 0.0687. The third kappa shape index (κ3) is 3.17. The van der Waals surface area contributed by atoms with Gasteiger partial charge in [-0.25, -0.2) is 9.97 Å². The van der Waals surface area contributed by atoms with E-state index in [9.17, 15) is 4.79 Å². The quantitative estimate of drug-likeness (QED) is 0.793. The van der Waals surface area contributed by atoms with Crippen molar-refractivity contribution >= 4 is 5.78 Å². The molecule has 0 aliphatic heterocycles. The van der Waals surface area contributed by atoms with Crippen LogP contribution in [0.25, 0.3) is 0 Å². The van der Waals surface area contributed by atoms with Crippen LogP contribution in [-0.2, 0) is 0 Å². The molecular weight excluding hydrogens is 252 g/mol. The summed E-state index contributed by atoms with van der Waals surface area (Å²) in [5, 5.41) is 0. The molecule has 0 aromatic carbocycles. The Bertz CT molecular complexity index is 472. The van der Waals surface area contributed by atoms with E-state index in [1.807, 2.05) is 0 Å². The van der Waals surface area contributed by atoms with Gasteiger partial charge in [0.05, 0.1) is 7.11 Å². The number of aromatic nitrogens is 2. The summed E-state index contributed by atoms with van der Waals surface area (Å²) in [5.41, 5.74) is 0.715. The molecule has 0 saturated heterocycles. The summed E-state index contributed by atoms with van der Waals surface area (Å²) in [6.45, 7) is 6.85. The fourth-order valence-corrected chi connectivity index (χ4v) is 3.06. The Kier molecular flexibility index (Phi) is 4.41. The van der Waals surface area contributed by atoms with E-state index in [1.54, 1.807) is 12.4 Å². The Morgan fingerprint density at radius 2 is 1.75 bits per heavy atom. The lowest BCUT2D eigenvalue weighted by atomic mass is 9.69. The highest BCUT2D eigenvalue weighted by Crippen LogP contribution is 2.40. The van der Waals surface area contributed by atoms with Crippen molar-refractivity contribution in [2.24, 2.45) is 17.3 Å². The molecule has 1 aliphatic rings. The van der Waals surface area contributed by atoms with E-state index < -0.39 is 0 Å². The summed E-state index contributed by atoms with van der Waals surface area (Å²) in [5.74, 6) is 1.20. The van der Waals surface area contributed by atoms with Crippen molar-refractivity contribution in [3.05, 3.63) is 18.1 Å². The Morgan fingerprint density at radius 1 is 1.15 bits per heavy atom. The standard InChI is InChI=1S/C16H24N2O2/c1-16(2,3)12-7-5-11(6-8-12)14(19)13-15(20-4)18-10-9-17-13/h9-12H,5-8H2,1-4H3. The second kappa shape index (κ2) is 5.90. The fourth-order valence-electron chi connectivity index (χ4n) is 3.06. The van der Waals surface area contributed by atoms with Crippen LogP contribution in [0.4, 0.5) is 0 Å². The average Bonchev–Trinajstić information content (AvgIpc) is 2.45. The first kappa shape index (κ1) is 14.9. The van der Waals surface area contributed by atoms with Gasteiger partial charge in [0.25, 0.3) is 0 Å². The van der Waals surface area contributed by atoms with E-state index in [-0.39, 0.29) is 11.7 Å². The number of methoxy groups -OCH3 is 1. The third-order valence-corrected chi connectivity index (χ3v) is 4.41. The topological polar surface area (TPSA) is 52.1 Å². The van der Waals surface area contributed by atoms with Crippen molar-refractivity contribution in [2.75, 3.05) is 7.11 Å². The first-order valence-corrected chi connectivity index (χ1v) is 7.32. The molecule has 1 aliphatic carbocycles. The summed E-state index contributed by atoms with van der Waals surface area (Å²) >= 11 is 0. The number of hydrogen-bond acceptors (Lipinski definition) is 4. The van der Waals surface area contributed by atoms with Crippen LogP contribution < -0.4 is 4.74 Å². The molecule has 0 atom stereocenters. The Morgan fingerprint density at radius 3 is 2.30 bits per heavy atom. The lowest BCUT2D eigenvalue weighted by molar-refractivity contribution is 0.0810. The summed E-state index contributed by atoms with van der Waals surface area (Å²) < 4.78 is 5.14. The van der Waals surface area contributed by atoms with E-state index in [2.05, 4.69) is 30.7 Å². The van der Waals surface area contributed by atoms with Crippen molar-refractivity contribution < 1.29 is 9.53 Å². The molecule has 2 rings (SSSR count). The van der Waals surface area contributed by atoms with E-state index in [4.69, 9.17) is 4.74 Å². The molecule has 0 N–H and O–H groups in total. The number of rotatable bonds is 3. The monoisotopic (exact) mass is 276 g/mol. The maximum Gasteiger partial charge on any atom is 0.243 e. The second-order valence-electron chi connectivity index (χ2n) is 6.69. The lowest BCUT2D eigenvalue weighted by Crippen LogP contribution is -2.29. The van der Waals surface area contributed by atoms with Crippen molar-refractivity contribution in [3.8, 4) is 5.88 Å². The molecule has 0 bridgehead atoms. The highest BCUT2D eigenvalue weighted by Gasteiger charge is 2.34. The molecule has 0 spiro atoms. The summed E-state index contributed by atoms with van der Waals surface area (Å²) in [6, 6.07) is 0. The van der Waals surface area contributed by atoms with Gasteiger partial charge in [0.2, 0.25) is 5.88 Å². The van der Waals surface area contributed by atoms with Crippen molar-refractivity contribution in [3.63, 3.8) is 0 Å². The molecule has 110 valence electrons. The molecule has 0 unspecified atom stereocenters. The Balaban J connectivity index is 2.05. The van der Waals surface area contributed by atoms with Gasteiger partial charge < -0.3 is 4.74 Å². The number of nitrogens with zero attached hydrogens (tertiary/aromatic N) is 2. The number of ketones is 1. The first-order chi connectivity index (χ1) is 9.43. The molecule has 1 heterocycles. The van der Waals surface area contributed by atoms with E-state index in [1.165, 1.54) is 7.11 Å². The van der Waals surface area contributed by atoms with E-state index in [0.29, 0.717) is 22.9 Å². The molecule has 20 heavy (non-hydrogen) atoms. The van der Waals surface area contributed by atoms with Crippen LogP contribution in [-0.4, -0.2) is 22.9 Å². The minimum Gasteiger partial charge on any atom is -0.479 e. The van der Waals surface area contributed by atoms with Crippen LogP contribution in [0.2, 0.25) is 0 Å². The lowest BCUT2D eigenvalue weighted by Gasteiger charge is -2.36. The molecule has 4 heteroatoms. The van der Waals surface area contributed by atoms with Crippen LogP contribution in [0.5, 0.6) is 5.88 Å². The van der Waals surface area contributed by atoms with Gasteiger partial charge in [-0.2, -0.15) is 0 Å². The van der Waals surface area contributed by atoms with Gasteiger partial charge in [-0.15, -0.1) is 0 Å². The van der Waals surface area contributed by atoms with Gasteiger partial charge in [0.15, 0.2) is 11.5 Å². The van der Waals surface area contributed by atoms with Crippen molar-refractivity contribution in [1.82, 2.24) is 9.97 Å². The van der Waals surface area contributed by atoms with Gasteiger partial charge in [0.1, 0.15) is 0 Å². The summed E-state index contributed by atoms with van der Waals surface area (Å²) in [4.78, 5) is 20.8. The van der Waals surface area contributed by atoms with Crippen LogP contribution in [0.3, 0.4) is 0 Å². The first-order valence-electron chi connectivity index (χ1n) is 7.32. The maximum atomic E-state index is 12.6. The zero-order valence-electron chi connectivity index (χ0n) is 12.8. The SMILES string of the molecule is COc1nccnc1C(=O)C1CCC(C(C)(C)C)CC1. The zero-order chi connectivity index (χ0) is 14.8. The molecule has 0 radical (unpaired) electrons. The van der Waals surface area contributed by atoms with Crippen LogP contribution in [0.15, 0.2) is 12.4 Å². The maximum absolute atomic E-state index is 12.6. The highest BCUT2D eigenvalue weighted by molar-refractivity contribution is 5.98. The number of carbonyl (C=O) groups is 1. The predicted molar refractivity (Wildman–Crippen MR) is 77.8 cm³/mol. The van der Waals surface area contributed by atoms with E-state index >= 15 is 0 Å². The van der Waals surface area contributed by atoms with Gasteiger partial charge in [-0.3, -0.25) is 4.79 Å². The summed E-state index contributed by atoms with van der Waals surface area (Å²) in [6.07, 6.45) is 7.22. The minimum absolute atomic E-state index is 0.0687. The van der Waals surface area contributed by atoms with Crippen LogP contribution in [0, 0.1) is 17.3 Å². The molecule has 1 aromatic heterocycles. The Hall–Kier alpha value is -1.45. The molecular formula is C16H24N2O2. The predicted octanol–water partition coefficient (Wildman–Crippen LogP) is 3.52. The van der Waals surface area contributed by atoms with Gasteiger partial charge >= 0.3 is 0 Å². The van der Waals surface area contributed by atoms with Gasteiger partial charge in [-0.05, 0) is 37.0 Å². The van der Waals surface area contributed by atoms with Gasteiger partial charge in [-0.1, -0.05) is 20.8 Å².